The van der Waals surface area contributed by atoms with Crippen molar-refractivity contribution in [2.75, 3.05) is 0 Å². The molecule has 0 saturated heterocycles. The largest absolute Gasteiger partial charge is 0.339 e. The number of aromatic nitrogens is 7. The highest BCUT2D eigenvalue weighted by atomic mass is 79.9. The Hall–Kier alpha value is -3.21. The van der Waals surface area contributed by atoms with Crippen LogP contribution < -0.4 is 5.56 Å². The maximum atomic E-state index is 13.3. The van der Waals surface area contributed by atoms with E-state index in [4.69, 9.17) is 4.52 Å². The van der Waals surface area contributed by atoms with Crippen molar-refractivity contribution in [2.45, 2.75) is 58.4 Å². The third-order valence-corrected chi connectivity index (χ3v) is 6.09. The summed E-state index contributed by atoms with van der Waals surface area (Å²) in [7, 11) is 0. The SMILES string of the molecule is CCCCCn1c2c(c(=O)n3c(CCc4nc(Cc5cccnc5)no4)nnc13)CC(Br)=N2. The summed E-state index contributed by atoms with van der Waals surface area (Å²) in [5.41, 5.74) is 1.57. The van der Waals surface area contributed by atoms with E-state index >= 15 is 0 Å². The molecule has 0 bridgehead atoms. The molecule has 0 fully saturated rings. The summed E-state index contributed by atoms with van der Waals surface area (Å²) < 4.78 is 9.79. The van der Waals surface area contributed by atoms with Crippen molar-refractivity contribution < 1.29 is 4.52 Å². The van der Waals surface area contributed by atoms with Gasteiger partial charge in [0.2, 0.25) is 11.7 Å². The van der Waals surface area contributed by atoms with Gasteiger partial charge in [-0.1, -0.05) is 31.0 Å². The smallest absolute Gasteiger partial charge is 0.266 e. The molecular weight excluding hydrogens is 488 g/mol. The molecule has 0 amide bonds. The van der Waals surface area contributed by atoms with E-state index in [1.807, 2.05) is 16.7 Å². The first-order chi connectivity index (χ1) is 16.1. The monoisotopic (exact) mass is 510 g/mol. The minimum absolute atomic E-state index is 0.118. The van der Waals surface area contributed by atoms with Crippen molar-refractivity contribution in [3.05, 3.63) is 63.5 Å². The molecule has 10 nitrogen and oxygen atoms in total. The number of aryl methyl sites for hydroxylation is 3. The quantitative estimate of drug-likeness (QED) is 0.317. The lowest BCUT2D eigenvalue weighted by atomic mass is 10.2. The van der Waals surface area contributed by atoms with E-state index in [-0.39, 0.29) is 5.56 Å². The van der Waals surface area contributed by atoms with Gasteiger partial charge in [0.05, 0.1) is 10.2 Å². The highest BCUT2D eigenvalue weighted by molar-refractivity contribution is 9.18. The molecule has 0 unspecified atom stereocenters. The standard InChI is InChI=1S/C22H23BrN8O2/c1-2-3-4-10-30-20-15(12-16(23)25-20)21(32)31-18(27-28-22(30)31)7-8-19-26-17(29-33-19)11-14-6-5-9-24-13-14/h5-6,9,13H,2-4,7-8,10-12H2,1H3. The summed E-state index contributed by atoms with van der Waals surface area (Å²) >= 11 is 3.46. The zero-order valence-corrected chi connectivity index (χ0v) is 19.8. The summed E-state index contributed by atoms with van der Waals surface area (Å²) in [6.07, 6.45) is 8.66. The Morgan fingerprint density at radius 3 is 2.94 bits per heavy atom. The van der Waals surface area contributed by atoms with Crippen LogP contribution in [0.15, 0.2) is 38.8 Å². The van der Waals surface area contributed by atoms with Gasteiger partial charge in [0.15, 0.2) is 5.82 Å². The van der Waals surface area contributed by atoms with E-state index in [0.717, 1.165) is 36.0 Å². The molecule has 4 aromatic heterocycles. The molecule has 0 radical (unpaired) electrons. The topological polar surface area (TPSA) is 116 Å². The van der Waals surface area contributed by atoms with Gasteiger partial charge < -0.3 is 4.52 Å². The third-order valence-electron chi connectivity index (χ3n) is 5.63. The lowest BCUT2D eigenvalue weighted by molar-refractivity contribution is 0.373. The van der Waals surface area contributed by atoms with Crippen LogP contribution in [0.5, 0.6) is 0 Å². The number of nitrogens with zero attached hydrogens (tertiary/aromatic N) is 8. The predicted octanol–water partition coefficient (Wildman–Crippen LogP) is 3.22. The van der Waals surface area contributed by atoms with E-state index < -0.39 is 0 Å². The van der Waals surface area contributed by atoms with Crippen LogP contribution in [-0.4, -0.2) is 38.9 Å². The van der Waals surface area contributed by atoms with Crippen molar-refractivity contribution in [2.24, 2.45) is 4.99 Å². The molecule has 0 saturated carbocycles. The molecule has 1 aliphatic heterocycles. The number of aliphatic imine (C=N–C) groups is 1. The van der Waals surface area contributed by atoms with E-state index in [0.29, 0.717) is 60.4 Å². The summed E-state index contributed by atoms with van der Waals surface area (Å²) in [5, 5.41) is 12.7. The van der Waals surface area contributed by atoms with Gasteiger partial charge >= 0.3 is 0 Å². The van der Waals surface area contributed by atoms with Crippen LogP contribution in [0.4, 0.5) is 5.82 Å². The van der Waals surface area contributed by atoms with Crippen LogP contribution in [0.25, 0.3) is 5.78 Å². The van der Waals surface area contributed by atoms with Crippen LogP contribution in [0.1, 0.15) is 54.9 Å². The van der Waals surface area contributed by atoms with E-state index in [1.165, 1.54) is 0 Å². The summed E-state index contributed by atoms with van der Waals surface area (Å²) in [6.45, 7) is 2.90. The van der Waals surface area contributed by atoms with Crippen LogP contribution >= 0.6 is 15.9 Å². The molecule has 1 aliphatic rings. The van der Waals surface area contributed by atoms with Gasteiger partial charge in [0.25, 0.3) is 5.56 Å². The Kier molecular flexibility index (Phi) is 6.12. The molecule has 0 aromatic carbocycles. The van der Waals surface area contributed by atoms with Gasteiger partial charge in [-0.3, -0.25) is 14.3 Å². The Morgan fingerprint density at radius 2 is 2.12 bits per heavy atom. The second kappa shape index (κ2) is 9.34. The maximum absolute atomic E-state index is 13.3. The minimum Gasteiger partial charge on any atom is -0.339 e. The van der Waals surface area contributed by atoms with Crippen LogP contribution in [0, 0.1) is 0 Å². The Labute approximate surface area is 197 Å². The zero-order chi connectivity index (χ0) is 22.8. The fourth-order valence-electron chi connectivity index (χ4n) is 4.02. The molecule has 4 aromatic rings. The van der Waals surface area contributed by atoms with Crippen LogP contribution in [0.2, 0.25) is 0 Å². The van der Waals surface area contributed by atoms with Gasteiger partial charge in [0.1, 0.15) is 11.6 Å². The highest BCUT2D eigenvalue weighted by Crippen LogP contribution is 2.28. The molecule has 0 N–H and O–H groups in total. The van der Waals surface area contributed by atoms with Crippen molar-refractivity contribution in [1.29, 1.82) is 0 Å². The van der Waals surface area contributed by atoms with E-state index in [2.05, 4.69) is 53.2 Å². The summed E-state index contributed by atoms with van der Waals surface area (Å²) in [6, 6.07) is 3.85. The van der Waals surface area contributed by atoms with Crippen molar-refractivity contribution in [3.63, 3.8) is 0 Å². The normalized spacial score (nSPS) is 13.0. The Balaban J connectivity index is 1.39. The van der Waals surface area contributed by atoms with Crippen molar-refractivity contribution in [1.82, 2.24) is 34.3 Å². The number of fused-ring (bicyclic) bond motifs is 2. The first-order valence-electron chi connectivity index (χ1n) is 11.1. The number of rotatable bonds is 9. The van der Waals surface area contributed by atoms with E-state index in [1.54, 1.807) is 16.8 Å². The number of hydrogen-bond acceptors (Lipinski definition) is 8. The van der Waals surface area contributed by atoms with Crippen LogP contribution in [0.3, 0.4) is 0 Å². The average molecular weight is 511 g/mol. The molecule has 33 heavy (non-hydrogen) atoms. The lowest BCUT2D eigenvalue weighted by Crippen LogP contribution is -2.24. The Bertz CT molecular complexity index is 1370. The summed E-state index contributed by atoms with van der Waals surface area (Å²) in [4.78, 5) is 26.4. The maximum Gasteiger partial charge on any atom is 0.266 e. The van der Waals surface area contributed by atoms with Crippen molar-refractivity contribution in [3.8, 4) is 0 Å². The van der Waals surface area contributed by atoms with Gasteiger partial charge in [-0.05, 0) is 34.0 Å². The average Bonchev–Trinajstić information content (AvgIpc) is 3.54. The number of pyridine rings is 1. The molecule has 0 spiro atoms. The van der Waals surface area contributed by atoms with Gasteiger partial charge in [-0.25, -0.2) is 9.39 Å². The third kappa shape index (κ3) is 4.37. The van der Waals surface area contributed by atoms with E-state index in [9.17, 15) is 4.79 Å². The molecule has 11 heteroatoms. The number of halogens is 1. The fraction of sp³-hybridized carbons (Fsp3) is 0.409. The zero-order valence-electron chi connectivity index (χ0n) is 18.2. The predicted molar refractivity (Wildman–Crippen MR) is 125 cm³/mol. The first-order valence-corrected chi connectivity index (χ1v) is 11.9. The minimum atomic E-state index is -0.118. The van der Waals surface area contributed by atoms with Gasteiger partial charge in [-0.15, -0.1) is 10.2 Å². The molecular formula is C22H23BrN8O2. The first kappa shape index (κ1) is 21.6. The lowest BCUT2D eigenvalue weighted by Gasteiger charge is -2.12. The number of unbranched alkanes of at least 4 members (excludes halogenated alkanes) is 2. The summed E-state index contributed by atoms with van der Waals surface area (Å²) in [5.74, 6) is 2.89. The second-order valence-corrected chi connectivity index (χ2v) is 8.94. The van der Waals surface area contributed by atoms with Gasteiger partial charge in [0, 0.05) is 44.6 Å². The molecule has 170 valence electrons. The van der Waals surface area contributed by atoms with Crippen molar-refractivity contribution >= 4 is 32.1 Å². The molecule has 5 rings (SSSR count). The highest BCUT2D eigenvalue weighted by Gasteiger charge is 2.25. The molecule has 0 aliphatic carbocycles. The molecule has 5 heterocycles. The fourth-order valence-corrected chi connectivity index (χ4v) is 4.46. The molecule has 0 atom stereocenters. The van der Waals surface area contributed by atoms with Gasteiger partial charge in [-0.2, -0.15) is 4.98 Å². The van der Waals surface area contributed by atoms with Crippen LogP contribution in [-0.2, 0) is 32.2 Å². The second-order valence-electron chi connectivity index (χ2n) is 8.02. The Morgan fingerprint density at radius 1 is 1.21 bits per heavy atom. The number of hydrogen-bond donors (Lipinski definition) is 0.